The van der Waals surface area contributed by atoms with Crippen molar-refractivity contribution in [2.24, 2.45) is 0 Å². The minimum Gasteiger partial charge on any atom is -0.368 e. The first-order chi connectivity index (χ1) is 7.26. The Morgan fingerprint density at radius 2 is 2.00 bits per heavy atom. The predicted molar refractivity (Wildman–Crippen MR) is 51.9 cm³/mol. The number of nitro groups is 1. The van der Waals surface area contributed by atoms with Crippen LogP contribution >= 0.6 is 0 Å². The molecule has 0 amide bonds. The molecular formula is C10H11NO4. The fraction of sp³-hybridized carbons (Fsp3) is 0.400. The molecule has 0 saturated carbocycles. The molecule has 1 aliphatic rings. The van der Waals surface area contributed by atoms with Crippen LogP contribution in [-0.4, -0.2) is 24.7 Å². The Morgan fingerprint density at radius 3 is 2.53 bits per heavy atom. The summed E-state index contributed by atoms with van der Waals surface area (Å²) in [4.78, 5) is 10.6. The Morgan fingerprint density at radius 1 is 1.27 bits per heavy atom. The molecule has 1 aromatic rings. The van der Waals surface area contributed by atoms with Crippen LogP contribution in [0.5, 0.6) is 0 Å². The molecule has 15 heavy (non-hydrogen) atoms. The molecule has 1 fully saturated rings. The maximum absolute atomic E-state index is 11.1. The molecular weight excluding hydrogens is 198 g/mol. The van der Waals surface area contributed by atoms with Gasteiger partial charge in [0, 0.05) is 0 Å². The lowest BCUT2D eigenvalue weighted by atomic mass is 10.0. The summed E-state index contributed by atoms with van der Waals surface area (Å²) in [7, 11) is 0. The van der Waals surface area contributed by atoms with Crippen LogP contribution in [0.2, 0.25) is 0 Å². The van der Waals surface area contributed by atoms with E-state index in [1.807, 2.05) is 0 Å². The van der Waals surface area contributed by atoms with E-state index in [1.54, 1.807) is 30.3 Å². The molecule has 0 radical (unpaired) electrons. The van der Waals surface area contributed by atoms with Gasteiger partial charge in [-0.2, -0.15) is 0 Å². The number of benzene rings is 1. The lowest BCUT2D eigenvalue weighted by molar-refractivity contribution is -0.652. The Hall–Kier alpha value is -1.46. The standard InChI is InChI=1S/C10H11NO4/c12-11(13)10(8-14-6-7-15-10)9-4-2-1-3-5-9/h1-5H,6-8H2. The van der Waals surface area contributed by atoms with Gasteiger partial charge in [0.15, 0.2) is 0 Å². The van der Waals surface area contributed by atoms with E-state index < -0.39 is 10.6 Å². The van der Waals surface area contributed by atoms with Crippen molar-refractivity contribution in [3.05, 3.63) is 46.0 Å². The Labute approximate surface area is 86.8 Å². The first-order valence-corrected chi connectivity index (χ1v) is 4.67. The quantitative estimate of drug-likeness (QED) is 0.541. The minimum absolute atomic E-state index is 0.0377. The van der Waals surface area contributed by atoms with E-state index in [0.29, 0.717) is 12.2 Å². The van der Waals surface area contributed by atoms with Crippen LogP contribution in [0.1, 0.15) is 5.56 Å². The molecule has 0 bridgehead atoms. The summed E-state index contributed by atoms with van der Waals surface area (Å²) in [5.74, 6) is 0. The van der Waals surface area contributed by atoms with Gasteiger partial charge in [-0.05, 0) is 12.1 Å². The van der Waals surface area contributed by atoms with E-state index in [2.05, 4.69) is 0 Å². The normalized spacial score (nSPS) is 26.1. The second-order valence-corrected chi connectivity index (χ2v) is 3.31. The smallest absolute Gasteiger partial charge is 0.368 e. The van der Waals surface area contributed by atoms with E-state index in [9.17, 15) is 10.1 Å². The van der Waals surface area contributed by atoms with E-state index in [4.69, 9.17) is 9.47 Å². The number of nitrogens with zero attached hydrogens (tertiary/aromatic N) is 1. The molecule has 0 spiro atoms. The second kappa shape index (κ2) is 3.96. The molecule has 1 unspecified atom stereocenters. The lowest BCUT2D eigenvalue weighted by Crippen LogP contribution is -2.47. The predicted octanol–water partition coefficient (Wildman–Crippen LogP) is 1.16. The zero-order valence-corrected chi connectivity index (χ0v) is 8.09. The zero-order valence-electron chi connectivity index (χ0n) is 8.09. The number of hydrogen-bond acceptors (Lipinski definition) is 4. The summed E-state index contributed by atoms with van der Waals surface area (Å²) in [5, 5.41) is 11.1. The maximum atomic E-state index is 11.1. The zero-order chi connectivity index (χ0) is 10.7. The van der Waals surface area contributed by atoms with Gasteiger partial charge < -0.3 is 9.47 Å². The molecule has 0 aliphatic carbocycles. The summed E-state index contributed by atoms with van der Waals surface area (Å²) in [5.41, 5.74) is -1.01. The molecule has 1 saturated heterocycles. The van der Waals surface area contributed by atoms with E-state index in [0.717, 1.165) is 0 Å². The van der Waals surface area contributed by atoms with Gasteiger partial charge >= 0.3 is 5.72 Å². The highest BCUT2D eigenvalue weighted by atomic mass is 16.7. The first kappa shape index (κ1) is 10.1. The van der Waals surface area contributed by atoms with E-state index in [-0.39, 0.29) is 13.2 Å². The number of rotatable bonds is 2. The van der Waals surface area contributed by atoms with E-state index >= 15 is 0 Å². The summed E-state index contributed by atoms with van der Waals surface area (Å²) >= 11 is 0. The third-order valence-corrected chi connectivity index (χ3v) is 2.39. The SMILES string of the molecule is O=[N+]([O-])C1(c2ccccc2)COCCO1. The molecule has 1 aliphatic heterocycles. The monoisotopic (exact) mass is 209 g/mol. The molecule has 1 aromatic carbocycles. The number of ether oxygens (including phenoxy) is 2. The van der Waals surface area contributed by atoms with Gasteiger partial charge in [-0.15, -0.1) is 0 Å². The second-order valence-electron chi connectivity index (χ2n) is 3.31. The molecule has 5 heteroatoms. The van der Waals surface area contributed by atoms with Crippen molar-refractivity contribution < 1.29 is 14.4 Å². The molecule has 1 heterocycles. The third kappa shape index (κ3) is 1.71. The van der Waals surface area contributed by atoms with Gasteiger partial charge in [0.2, 0.25) is 0 Å². The van der Waals surface area contributed by atoms with Crippen LogP contribution in [0.15, 0.2) is 30.3 Å². The fourth-order valence-electron chi connectivity index (χ4n) is 1.60. The summed E-state index contributed by atoms with van der Waals surface area (Å²) < 4.78 is 10.4. The van der Waals surface area contributed by atoms with Crippen molar-refractivity contribution in [1.82, 2.24) is 0 Å². The topological polar surface area (TPSA) is 61.6 Å². The Balaban J connectivity index is 2.38. The summed E-state index contributed by atoms with van der Waals surface area (Å²) in [6.45, 7) is 0.613. The van der Waals surface area contributed by atoms with Crippen molar-refractivity contribution >= 4 is 0 Å². The van der Waals surface area contributed by atoms with Crippen LogP contribution in [0.3, 0.4) is 0 Å². The molecule has 0 aromatic heterocycles. The molecule has 0 N–H and O–H groups in total. The summed E-state index contributed by atoms with van der Waals surface area (Å²) in [6, 6.07) is 8.66. The van der Waals surface area contributed by atoms with Crippen LogP contribution in [0, 0.1) is 10.1 Å². The first-order valence-electron chi connectivity index (χ1n) is 4.67. The minimum atomic E-state index is -1.53. The Bertz CT molecular complexity index is 346. The van der Waals surface area contributed by atoms with Crippen LogP contribution in [-0.2, 0) is 15.2 Å². The highest BCUT2D eigenvalue weighted by Crippen LogP contribution is 2.29. The van der Waals surface area contributed by atoms with Gasteiger partial charge in [0.25, 0.3) is 0 Å². The van der Waals surface area contributed by atoms with Gasteiger partial charge in [-0.25, -0.2) is 0 Å². The largest absolute Gasteiger partial charge is 0.374 e. The summed E-state index contributed by atoms with van der Waals surface area (Å²) in [6.07, 6.45) is 0. The van der Waals surface area contributed by atoms with Crippen LogP contribution in [0.25, 0.3) is 0 Å². The van der Waals surface area contributed by atoms with E-state index in [1.165, 1.54) is 0 Å². The van der Waals surface area contributed by atoms with Gasteiger partial charge in [0.1, 0.15) is 6.61 Å². The van der Waals surface area contributed by atoms with Gasteiger partial charge in [-0.3, -0.25) is 10.1 Å². The molecule has 2 rings (SSSR count). The van der Waals surface area contributed by atoms with Crippen LogP contribution < -0.4 is 0 Å². The highest BCUT2D eigenvalue weighted by molar-refractivity contribution is 5.20. The third-order valence-electron chi connectivity index (χ3n) is 2.39. The molecule has 1 atom stereocenters. The van der Waals surface area contributed by atoms with Gasteiger partial charge in [-0.1, -0.05) is 18.2 Å². The number of hydrogen-bond donors (Lipinski definition) is 0. The van der Waals surface area contributed by atoms with Crippen LogP contribution in [0.4, 0.5) is 0 Å². The van der Waals surface area contributed by atoms with Crippen molar-refractivity contribution in [3.63, 3.8) is 0 Å². The fourth-order valence-corrected chi connectivity index (χ4v) is 1.60. The van der Waals surface area contributed by atoms with Crippen molar-refractivity contribution in [2.75, 3.05) is 19.8 Å². The average molecular weight is 209 g/mol. The Kier molecular flexibility index (Phi) is 2.66. The van der Waals surface area contributed by atoms with Gasteiger partial charge in [0.05, 0.1) is 23.7 Å². The molecule has 80 valence electrons. The highest BCUT2D eigenvalue weighted by Gasteiger charge is 2.48. The maximum Gasteiger partial charge on any atom is 0.374 e. The van der Waals surface area contributed by atoms with Crippen molar-refractivity contribution in [3.8, 4) is 0 Å². The molecule has 5 nitrogen and oxygen atoms in total. The van der Waals surface area contributed by atoms with Crippen molar-refractivity contribution in [1.29, 1.82) is 0 Å². The van der Waals surface area contributed by atoms with Crippen molar-refractivity contribution in [2.45, 2.75) is 5.72 Å². The average Bonchev–Trinajstić information content (AvgIpc) is 2.31. The lowest BCUT2D eigenvalue weighted by Gasteiger charge is -2.29.